The van der Waals surface area contributed by atoms with E-state index in [1.54, 1.807) is 13.2 Å². The normalized spacial score (nSPS) is 15.1. The van der Waals surface area contributed by atoms with Crippen molar-refractivity contribution in [2.45, 2.75) is 32.1 Å². The van der Waals surface area contributed by atoms with Crippen molar-refractivity contribution in [1.82, 2.24) is 10.2 Å². The number of benzene rings is 1. The van der Waals surface area contributed by atoms with Crippen LogP contribution in [0.2, 0.25) is 0 Å². The number of methoxy groups -OCH3 is 1. The lowest BCUT2D eigenvalue weighted by molar-refractivity contribution is -0.137. The molecule has 29 heavy (non-hydrogen) atoms. The van der Waals surface area contributed by atoms with Crippen molar-refractivity contribution in [3.8, 4) is 5.75 Å². The fourth-order valence-corrected chi connectivity index (χ4v) is 3.96. The van der Waals surface area contributed by atoms with Crippen LogP contribution in [0.3, 0.4) is 0 Å². The molecule has 7 nitrogen and oxygen atoms in total. The van der Waals surface area contributed by atoms with E-state index in [0.29, 0.717) is 22.2 Å². The molecule has 1 aliphatic rings. The van der Waals surface area contributed by atoms with Crippen LogP contribution in [0.5, 0.6) is 5.75 Å². The minimum Gasteiger partial charge on any atom is -0.497 e. The van der Waals surface area contributed by atoms with Gasteiger partial charge in [-0.25, -0.2) is 0 Å². The zero-order chi connectivity index (χ0) is 21.2. The molecule has 0 atom stereocenters. The zero-order valence-corrected chi connectivity index (χ0v) is 17.8. The van der Waals surface area contributed by atoms with Crippen molar-refractivity contribution >= 4 is 52.2 Å². The first-order chi connectivity index (χ1) is 13.9. The summed E-state index contributed by atoms with van der Waals surface area (Å²) in [6, 6.07) is 7.35. The number of nitrogens with zero attached hydrogens (tertiary/aromatic N) is 1. The molecule has 0 bridgehead atoms. The van der Waals surface area contributed by atoms with E-state index < -0.39 is 5.97 Å². The molecule has 1 heterocycles. The number of carboxylic acids is 1. The third-order valence-corrected chi connectivity index (χ3v) is 5.62. The Kier molecular flexibility index (Phi) is 9.14. The summed E-state index contributed by atoms with van der Waals surface area (Å²) in [5, 5.41) is 11.4. The van der Waals surface area contributed by atoms with Crippen LogP contribution in [0.15, 0.2) is 29.2 Å². The molecule has 0 aromatic heterocycles. The van der Waals surface area contributed by atoms with Crippen LogP contribution in [0.25, 0.3) is 6.08 Å². The van der Waals surface area contributed by atoms with Crippen LogP contribution in [-0.4, -0.2) is 52.3 Å². The van der Waals surface area contributed by atoms with Crippen LogP contribution in [0.4, 0.5) is 0 Å². The number of carbonyl (C=O) groups excluding carboxylic acids is 2. The molecule has 0 spiro atoms. The van der Waals surface area contributed by atoms with E-state index >= 15 is 0 Å². The van der Waals surface area contributed by atoms with Gasteiger partial charge in [0.2, 0.25) is 5.91 Å². The maximum Gasteiger partial charge on any atom is 0.303 e. The second-order valence-electron chi connectivity index (χ2n) is 6.41. The summed E-state index contributed by atoms with van der Waals surface area (Å²) >= 11 is 6.51. The number of carbonyl (C=O) groups is 3. The Morgan fingerprint density at radius 3 is 2.59 bits per heavy atom. The first kappa shape index (κ1) is 22.9. The van der Waals surface area contributed by atoms with Gasteiger partial charge >= 0.3 is 5.97 Å². The molecule has 2 N–H and O–H groups in total. The van der Waals surface area contributed by atoms with Gasteiger partial charge in [-0.15, -0.1) is 0 Å². The molecular formula is C20H24N2O5S2. The third kappa shape index (κ3) is 7.51. The highest BCUT2D eigenvalue weighted by atomic mass is 32.2. The average Bonchev–Trinajstić information content (AvgIpc) is 2.96. The molecule has 156 valence electrons. The van der Waals surface area contributed by atoms with E-state index in [0.717, 1.165) is 24.2 Å². The zero-order valence-electron chi connectivity index (χ0n) is 16.2. The summed E-state index contributed by atoms with van der Waals surface area (Å²) in [5.74, 6) is -0.421. The smallest absolute Gasteiger partial charge is 0.303 e. The van der Waals surface area contributed by atoms with Crippen LogP contribution >= 0.6 is 24.0 Å². The van der Waals surface area contributed by atoms with Gasteiger partial charge in [-0.05, 0) is 36.6 Å². The third-order valence-electron chi connectivity index (χ3n) is 4.24. The van der Waals surface area contributed by atoms with Gasteiger partial charge < -0.3 is 15.2 Å². The molecule has 0 radical (unpaired) electrons. The van der Waals surface area contributed by atoms with Gasteiger partial charge in [0.05, 0.1) is 12.0 Å². The van der Waals surface area contributed by atoms with Gasteiger partial charge in [0.25, 0.3) is 5.91 Å². The summed E-state index contributed by atoms with van der Waals surface area (Å²) in [6.07, 6.45) is 4.16. The number of rotatable bonds is 11. The molecule has 1 fully saturated rings. The number of aliphatic carboxylic acids is 1. The van der Waals surface area contributed by atoms with Crippen LogP contribution in [-0.2, 0) is 14.4 Å². The first-order valence-electron chi connectivity index (χ1n) is 9.28. The predicted molar refractivity (Wildman–Crippen MR) is 117 cm³/mol. The van der Waals surface area contributed by atoms with Gasteiger partial charge in [-0.1, -0.05) is 42.5 Å². The van der Waals surface area contributed by atoms with Gasteiger partial charge in [0.15, 0.2) is 0 Å². The number of nitrogens with one attached hydrogen (secondary N) is 1. The van der Waals surface area contributed by atoms with Crippen molar-refractivity contribution in [1.29, 1.82) is 0 Å². The van der Waals surface area contributed by atoms with E-state index in [4.69, 9.17) is 22.1 Å². The Morgan fingerprint density at radius 1 is 1.21 bits per heavy atom. The van der Waals surface area contributed by atoms with Gasteiger partial charge in [0, 0.05) is 25.9 Å². The van der Waals surface area contributed by atoms with E-state index in [-0.39, 0.29) is 31.2 Å². The van der Waals surface area contributed by atoms with E-state index in [1.165, 1.54) is 16.7 Å². The number of amides is 2. The molecule has 0 unspecified atom stereocenters. The molecule has 0 saturated carbocycles. The van der Waals surface area contributed by atoms with Crippen molar-refractivity contribution in [3.63, 3.8) is 0 Å². The number of thiocarbonyl (C=S) groups is 1. The second kappa shape index (κ2) is 11.6. The quantitative estimate of drug-likeness (QED) is 0.313. The number of ether oxygens (including phenoxy) is 1. The van der Waals surface area contributed by atoms with Gasteiger partial charge in [-0.2, -0.15) is 0 Å². The summed E-state index contributed by atoms with van der Waals surface area (Å²) < 4.78 is 5.56. The van der Waals surface area contributed by atoms with E-state index in [1.807, 2.05) is 24.3 Å². The fraction of sp³-hybridized carbons (Fsp3) is 0.400. The second-order valence-corrected chi connectivity index (χ2v) is 8.09. The Hall–Kier alpha value is -2.39. The van der Waals surface area contributed by atoms with Crippen LogP contribution in [0.1, 0.15) is 37.7 Å². The maximum absolute atomic E-state index is 12.6. The monoisotopic (exact) mass is 436 g/mol. The van der Waals surface area contributed by atoms with Crippen molar-refractivity contribution < 1.29 is 24.2 Å². The average molecular weight is 437 g/mol. The lowest BCUT2D eigenvalue weighted by atomic mass is 10.2. The summed E-state index contributed by atoms with van der Waals surface area (Å²) in [5.41, 5.74) is 0.868. The van der Waals surface area contributed by atoms with Crippen LogP contribution in [0, 0.1) is 0 Å². The summed E-state index contributed by atoms with van der Waals surface area (Å²) in [7, 11) is 1.59. The molecule has 2 rings (SSSR count). The number of thioether (sulfide) groups is 1. The fourth-order valence-electron chi connectivity index (χ4n) is 2.65. The first-order valence-corrected chi connectivity index (χ1v) is 10.5. The summed E-state index contributed by atoms with van der Waals surface area (Å²) in [4.78, 5) is 37.0. The minimum atomic E-state index is -0.807. The van der Waals surface area contributed by atoms with E-state index in [9.17, 15) is 14.4 Å². The Balaban J connectivity index is 1.77. The molecule has 1 aromatic carbocycles. The van der Waals surface area contributed by atoms with E-state index in [2.05, 4.69) is 5.32 Å². The van der Waals surface area contributed by atoms with Crippen molar-refractivity contribution in [3.05, 3.63) is 34.7 Å². The molecule has 1 aliphatic heterocycles. The van der Waals surface area contributed by atoms with Gasteiger partial charge in [-0.3, -0.25) is 19.3 Å². The molecule has 2 amide bonds. The molecule has 0 aliphatic carbocycles. The van der Waals surface area contributed by atoms with Crippen LogP contribution < -0.4 is 10.1 Å². The number of hydrogen-bond acceptors (Lipinski definition) is 6. The molecule has 1 saturated heterocycles. The molecular weight excluding hydrogens is 412 g/mol. The van der Waals surface area contributed by atoms with Crippen molar-refractivity contribution in [2.24, 2.45) is 0 Å². The number of unbranched alkanes of at least 4 members (excludes halogenated alkanes) is 2. The standard InChI is InChI=1S/C20H24N2O5S2/c1-27-15-8-6-14(7-9-15)13-16-19(26)22(20(28)29-16)12-10-17(23)21-11-4-2-3-5-18(24)25/h6-9,13H,2-5,10-12H2,1H3,(H,21,23)(H,24,25)/b16-13-. The van der Waals surface area contributed by atoms with Crippen molar-refractivity contribution in [2.75, 3.05) is 20.2 Å². The number of hydrogen-bond donors (Lipinski definition) is 2. The highest BCUT2D eigenvalue weighted by Gasteiger charge is 2.32. The van der Waals surface area contributed by atoms with Gasteiger partial charge in [0.1, 0.15) is 10.1 Å². The Labute approximate surface area is 179 Å². The molecule has 1 aromatic rings. The predicted octanol–water partition coefficient (Wildman–Crippen LogP) is 3.05. The lowest BCUT2D eigenvalue weighted by Crippen LogP contribution is -2.33. The lowest BCUT2D eigenvalue weighted by Gasteiger charge is -2.14. The maximum atomic E-state index is 12.6. The Bertz CT molecular complexity index is 793. The SMILES string of the molecule is COc1ccc(/C=C2\SC(=S)N(CCC(=O)NCCCCCC(=O)O)C2=O)cc1. The topological polar surface area (TPSA) is 95.9 Å². The highest BCUT2D eigenvalue weighted by molar-refractivity contribution is 8.26. The summed E-state index contributed by atoms with van der Waals surface area (Å²) in [6.45, 7) is 0.726. The Morgan fingerprint density at radius 2 is 1.93 bits per heavy atom. The minimum absolute atomic E-state index is 0.145. The molecule has 9 heteroatoms. The highest BCUT2D eigenvalue weighted by Crippen LogP contribution is 2.32. The number of carboxylic acid groups (broad SMARTS) is 1. The largest absolute Gasteiger partial charge is 0.497 e.